The Kier molecular flexibility index (Phi) is 4.94. The summed E-state index contributed by atoms with van der Waals surface area (Å²) in [6, 6.07) is 13.3. The minimum absolute atomic E-state index is 0.00703. The lowest BCUT2D eigenvalue weighted by molar-refractivity contribution is -0.121. The van der Waals surface area contributed by atoms with E-state index in [2.05, 4.69) is 27.4 Å². The van der Waals surface area contributed by atoms with E-state index in [1.165, 1.54) is 16.8 Å². The molecule has 0 saturated carbocycles. The van der Waals surface area contributed by atoms with Crippen LogP contribution in [0, 0.1) is 0 Å². The maximum atomic E-state index is 12.4. The number of amides is 1. The average molecular weight is 394 g/mol. The van der Waals surface area contributed by atoms with Crippen LogP contribution in [0.4, 0.5) is 0 Å². The molecule has 0 spiro atoms. The maximum Gasteiger partial charge on any atom is 0.328 e. The number of carbonyl (C=O) groups excluding carboxylic acids is 1. The molecule has 0 fully saturated rings. The van der Waals surface area contributed by atoms with Crippen molar-refractivity contribution in [2.75, 3.05) is 6.54 Å². The molecule has 7 nitrogen and oxygen atoms in total. The van der Waals surface area contributed by atoms with Gasteiger partial charge in [-0.3, -0.25) is 19.1 Å². The summed E-state index contributed by atoms with van der Waals surface area (Å²) in [5.74, 6) is -0.303. The van der Waals surface area contributed by atoms with Crippen LogP contribution in [-0.2, 0) is 11.3 Å². The summed E-state index contributed by atoms with van der Waals surface area (Å²) in [6.45, 7) is 0.250. The number of hydrogen-bond acceptors (Lipinski definition) is 4. The predicted octanol–water partition coefficient (Wildman–Crippen LogP) is 2.03. The van der Waals surface area contributed by atoms with Crippen molar-refractivity contribution >= 4 is 28.1 Å². The molecule has 142 valence electrons. The lowest BCUT2D eigenvalue weighted by Gasteiger charge is -2.16. The van der Waals surface area contributed by atoms with Crippen molar-refractivity contribution in [1.82, 2.24) is 19.9 Å². The van der Waals surface area contributed by atoms with Gasteiger partial charge in [0.25, 0.3) is 5.56 Å². The highest BCUT2D eigenvalue weighted by atomic mass is 32.1. The second-order valence-electron chi connectivity index (χ2n) is 6.40. The number of carbonyl (C=O) groups is 1. The van der Waals surface area contributed by atoms with Gasteiger partial charge in [-0.15, -0.1) is 11.3 Å². The summed E-state index contributed by atoms with van der Waals surface area (Å²) in [5, 5.41) is 6.05. The molecule has 4 rings (SSSR count). The van der Waals surface area contributed by atoms with E-state index in [-0.39, 0.29) is 18.4 Å². The summed E-state index contributed by atoms with van der Waals surface area (Å²) >= 11 is 1.64. The number of aromatic nitrogens is 3. The maximum absolute atomic E-state index is 12.4. The second kappa shape index (κ2) is 7.69. The van der Waals surface area contributed by atoms with Gasteiger partial charge in [-0.1, -0.05) is 24.3 Å². The first kappa shape index (κ1) is 18.0. The fourth-order valence-corrected chi connectivity index (χ4v) is 4.08. The molecule has 3 N–H and O–H groups in total. The molecule has 28 heavy (non-hydrogen) atoms. The van der Waals surface area contributed by atoms with Crippen molar-refractivity contribution in [2.24, 2.45) is 0 Å². The summed E-state index contributed by atoms with van der Waals surface area (Å²) in [7, 11) is 0. The molecule has 4 aromatic rings. The number of fused-ring (bicyclic) bond motifs is 1. The molecule has 0 aliphatic carbocycles. The van der Waals surface area contributed by atoms with Gasteiger partial charge in [0.2, 0.25) is 5.91 Å². The Bertz CT molecular complexity index is 1220. The first-order valence-electron chi connectivity index (χ1n) is 8.77. The van der Waals surface area contributed by atoms with Gasteiger partial charge in [0.1, 0.15) is 6.54 Å². The van der Waals surface area contributed by atoms with Crippen molar-refractivity contribution in [3.8, 4) is 0 Å². The Morgan fingerprint density at radius 3 is 2.79 bits per heavy atom. The van der Waals surface area contributed by atoms with Crippen LogP contribution in [0.2, 0.25) is 0 Å². The summed E-state index contributed by atoms with van der Waals surface area (Å²) in [6.07, 6.45) is 3.30. The van der Waals surface area contributed by atoms with Crippen molar-refractivity contribution in [2.45, 2.75) is 12.5 Å². The predicted molar refractivity (Wildman–Crippen MR) is 109 cm³/mol. The van der Waals surface area contributed by atoms with Gasteiger partial charge < -0.3 is 10.3 Å². The van der Waals surface area contributed by atoms with Gasteiger partial charge in [0.05, 0.1) is 0 Å². The Hall–Kier alpha value is -3.39. The van der Waals surface area contributed by atoms with E-state index >= 15 is 0 Å². The fourth-order valence-electron chi connectivity index (χ4n) is 3.23. The SMILES string of the molecule is O=C(Cn1ccc(=O)[nH]c1=O)NCC(c1cccs1)c1c[nH]c2ccccc12. The van der Waals surface area contributed by atoms with E-state index in [4.69, 9.17) is 0 Å². The first-order chi connectivity index (χ1) is 13.6. The van der Waals surface area contributed by atoms with Gasteiger partial charge in [-0.2, -0.15) is 0 Å². The van der Waals surface area contributed by atoms with Crippen LogP contribution >= 0.6 is 11.3 Å². The highest BCUT2D eigenvalue weighted by Gasteiger charge is 2.20. The molecule has 0 radical (unpaired) electrons. The van der Waals surface area contributed by atoms with Gasteiger partial charge in [0, 0.05) is 46.7 Å². The zero-order valence-electron chi connectivity index (χ0n) is 14.8. The monoisotopic (exact) mass is 394 g/mol. The van der Waals surface area contributed by atoms with E-state index in [1.807, 2.05) is 35.8 Å². The Balaban J connectivity index is 1.55. The van der Waals surface area contributed by atoms with Crippen LogP contribution in [0.5, 0.6) is 0 Å². The minimum atomic E-state index is -0.603. The number of aromatic amines is 2. The van der Waals surface area contributed by atoms with Gasteiger partial charge in [-0.05, 0) is 23.1 Å². The van der Waals surface area contributed by atoms with Crippen LogP contribution in [0.15, 0.2) is 69.8 Å². The number of hydrogen-bond donors (Lipinski definition) is 3. The minimum Gasteiger partial charge on any atom is -0.361 e. The molecule has 1 atom stereocenters. The van der Waals surface area contributed by atoms with Crippen molar-refractivity contribution in [3.05, 3.63) is 91.5 Å². The summed E-state index contributed by atoms with van der Waals surface area (Å²) < 4.78 is 1.17. The number of H-pyrrole nitrogens is 2. The lowest BCUT2D eigenvalue weighted by atomic mass is 9.96. The zero-order valence-corrected chi connectivity index (χ0v) is 15.7. The number of benzene rings is 1. The third kappa shape index (κ3) is 3.67. The molecule has 0 saturated heterocycles. The van der Waals surface area contributed by atoms with Crippen molar-refractivity contribution in [3.63, 3.8) is 0 Å². The Morgan fingerprint density at radius 2 is 2.00 bits per heavy atom. The second-order valence-corrected chi connectivity index (χ2v) is 7.38. The third-order valence-corrected chi connectivity index (χ3v) is 5.58. The van der Waals surface area contributed by atoms with E-state index in [0.29, 0.717) is 6.54 Å². The smallest absolute Gasteiger partial charge is 0.328 e. The van der Waals surface area contributed by atoms with Gasteiger partial charge in [-0.25, -0.2) is 4.79 Å². The normalized spacial score (nSPS) is 12.1. The standard InChI is InChI=1S/C20H18N4O3S/c25-18-7-8-24(20(27)23-18)12-19(26)22-11-15(17-6-3-9-28-17)14-10-21-16-5-2-1-4-13(14)16/h1-10,15,21H,11-12H2,(H,22,26)(H,23,25,27). The zero-order chi connectivity index (χ0) is 19.5. The van der Waals surface area contributed by atoms with Crippen LogP contribution in [0.25, 0.3) is 10.9 Å². The number of rotatable bonds is 6. The van der Waals surface area contributed by atoms with Crippen LogP contribution in [0.3, 0.4) is 0 Å². The van der Waals surface area contributed by atoms with Gasteiger partial charge in [0.15, 0.2) is 0 Å². The lowest BCUT2D eigenvalue weighted by Crippen LogP contribution is -2.36. The molecule has 8 heteroatoms. The fraction of sp³-hybridized carbons (Fsp3) is 0.150. The number of nitrogens with zero attached hydrogens (tertiary/aromatic N) is 1. The molecule has 3 aromatic heterocycles. The molecule has 1 aromatic carbocycles. The number of nitrogens with one attached hydrogen (secondary N) is 3. The molecule has 0 bridgehead atoms. The highest BCUT2D eigenvalue weighted by molar-refractivity contribution is 7.10. The third-order valence-electron chi connectivity index (χ3n) is 4.60. The topological polar surface area (TPSA) is 99.8 Å². The van der Waals surface area contributed by atoms with Crippen molar-refractivity contribution < 1.29 is 4.79 Å². The molecule has 3 heterocycles. The van der Waals surface area contributed by atoms with Gasteiger partial charge >= 0.3 is 5.69 Å². The quantitative estimate of drug-likeness (QED) is 0.466. The largest absolute Gasteiger partial charge is 0.361 e. The van der Waals surface area contributed by atoms with E-state index in [9.17, 15) is 14.4 Å². The summed E-state index contributed by atoms with van der Waals surface area (Å²) in [5.41, 5.74) is 1.07. The molecule has 1 unspecified atom stereocenters. The number of thiophene rings is 1. The summed E-state index contributed by atoms with van der Waals surface area (Å²) in [4.78, 5) is 41.9. The molecular formula is C20H18N4O3S. The molecular weight excluding hydrogens is 376 g/mol. The van der Waals surface area contributed by atoms with Crippen LogP contribution in [-0.4, -0.2) is 27.0 Å². The Labute approximate surface area is 163 Å². The van der Waals surface area contributed by atoms with Crippen LogP contribution < -0.4 is 16.6 Å². The molecule has 0 aliphatic rings. The van der Waals surface area contributed by atoms with Crippen molar-refractivity contribution in [1.29, 1.82) is 0 Å². The molecule has 1 amide bonds. The first-order valence-corrected chi connectivity index (χ1v) is 9.65. The molecule has 0 aliphatic heterocycles. The average Bonchev–Trinajstić information content (AvgIpc) is 3.35. The van der Waals surface area contributed by atoms with E-state index in [0.717, 1.165) is 21.3 Å². The van der Waals surface area contributed by atoms with E-state index < -0.39 is 11.2 Å². The Morgan fingerprint density at radius 1 is 1.14 bits per heavy atom. The van der Waals surface area contributed by atoms with Crippen LogP contribution in [0.1, 0.15) is 16.4 Å². The van der Waals surface area contributed by atoms with E-state index in [1.54, 1.807) is 11.3 Å². The number of para-hydroxylation sites is 1. The highest BCUT2D eigenvalue weighted by Crippen LogP contribution is 2.32.